The van der Waals surface area contributed by atoms with E-state index in [1.165, 1.54) is 4.90 Å². The molecule has 42 heavy (non-hydrogen) atoms. The Morgan fingerprint density at radius 1 is 0.905 bits per heavy atom. The fourth-order valence-corrected chi connectivity index (χ4v) is 6.16. The van der Waals surface area contributed by atoms with Crippen LogP contribution in [0.2, 0.25) is 0 Å². The van der Waals surface area contributed by atoms with Crippen molar-refractivity contribution in [3.63, 3.8) is 0 Å². The molecule has 2 bridgehead atoms. The summed E-state index contributed by atoms with van der Waals surface area (Å²) in [6.45, 7) is 1.28. The van der Waals surface area contributed by atoms with Crippen LogP contribution in [0.4, 0.5) is 0 Å². The zero-order valence-corrected chi connectivity index (χ0v) is 23.9. The number of aryl methyl sites for hydroxylation is 2. The number of carbonyl (C=O) groups is 2. The molecule has 10 nitrogen and oxygen atoms in total. The van der Waals surface area contributed by atoms with Gasteiger partial charge in [-0.2, -0.15) is 0 Å². The number of benzene rings is 2. The molecule has 1 unspecified atom stereocenters. The normalized spacial score (nSPS) is 18.7. The Kier molecular flexibility index (Phi) is 7.88. The predicted molar refractivity (Wildman–Crippen MR) is 155 cm³/mol. The highest BCUT2D eigenvalue weighted by Gasteiger charge is 2.35. The van der Waals surface area contributed by atoms with E-state index in [1.54, 1.807) is 25.2 Å². The SMILES string of the molecule is COc1cc2c(cc1OC)C1c3ccc(cc3)OCCOCCN(C(=O)c3cc4c([nH]c3=O)CCC4)CC(=O)N1CC2. The Bertz CT molecular complexity index is 1550. The van der Waals surface area contributed by atoms with Crippen LogP contribution in [0, 0.1) is 0 Å². The summed E-state index contributed by atoms with van der Waals surface area (Å²) in [4.78, 5) is 47.0. The summed E-state index contributed by atoms with van der Waals surface area (Å²) in [5.41, 5.74) is 4.40. The standard InChI is InChI=1S/C32H35N3O7/c1-39-27-17-21-10-11-35-29(36)19-34(32(38)25-16-22-4-3-5-26(22)33-31(25)37)12-13-41-14-15-42-23-8-6-20(7-9-23)30(35)24(21)18-28(27)40-2/h6-9,16-18,30H,3-5,10-15,19H2,1-2H3,(H,33,37). The molecule has 1 aliphatic carbocycles. The topological polar surface area (TPSA) is 110 Å². The van der Waals surface area contributed by atoms with Gasteiger partial charge in [-0.05, 0) is 78.3 Å². The van der Waals surface area contributed by atoms with Gasteiger partial charge in [-0.3, -0.25) is 14.4 Å². The molecule has 3 aromatic rings. The minimum absolute atomic E-state index is 0.0531. The van der Waals surface area contributed by atoms with Crippen LogP contribution in [0.15, 0.2) is 47.3 Å². The number of nitrogens with one attached hydrogen (secondary N) is 1. The number of hydrogen-bond acceptors (Lipinski definition) is 7. The highest BCUT2D eigenvalue weighted by molar-refractivity contribution is 5.96. The van der Waals surface area contributed by atoms with Gasteiger partial charge < -0.3 is 33.7 Å². The quantitative estimate of drug-likeness (QED) is 0.480. The minimum Gasteiger partial charge on any atom is -0.493 e. The van der Waals surface area contributed by atoms with Gasteiger partial charge in [0, 0.05) is 18.8 Å². The highest BCUT2D eigenvalue weighted by atomic mass is 16.5. The molecule has 1 atom stereocenters. The molecule has 2 amide bonds. The molecule has 0 radical (unpaired) electrons. The van der Waals surface area contributed by atoms with Crippen LogP contribution in [-0.2, 0) is 28.8 Å². The average Bonchev–Trinajstić information content (AvgIpc) is 3.46. The van der Waals surface area contributed by atoms with Crippen LogP contribution >= 0.6 is 0 Å². The third-order valence-corrected chi connectivity index (χ3v) is 8.32. The van der Waals surface area contributed by atoms with Crippen molar-refractivity contribution in [3.8, 4) is 17.2 Å². The summed E-state index contributed by atoms with van der Waals surface area (Å²) in [5, 5.41) is 0. The van der Waals surface area contributed by atoms with E-state index in [9.17, 15) is 14.4 Å². The van der Waals surface area contributed by atoms with Gasteiger partial charge in [-0.15, -0.1) is 0 Å². The van der Waals surface area contributed by atoms with E-state index in [-0.39, 0.29) is 31.2 Å². The fourth-order valence-electron chi connectivity index (χ4n) is 6.16. The number of pyridine rings is 1. The number of nitrogens with zero attached hydrogens (tertiary/aromatic N) is 2. The molecular weight excluding hydrogens is 538 g/mol. The first-order valence-corrected chi connectivity index (χ1v) is 14.4. The summed E-state index contributed by atoms with van der Waals surface area (Å²) in [6.07, 6.45) is 3.17. The maximum Gasteiger partial charge on any atom is 0.261 e. The first kappa shape index (κ1) is 27.8. The van der Waals surface area contributed by atoms with Crippen molar-refractivity contribution in [2.45, 2.75) is 31.7 Å². The van der Waals surface area contributed by atoms with E-state index in [1.807, 2.05) is 36.4 Å². The first-order chi connectivity index (χ1) is 20.5. The van der Waals surface area contributed by atoms with Crippen molar-refractivity contribution in [2.75, 3.05) is 53.7 Å². The molecule has 1 aromatic heterocycles. The highest BCUT2D eigenvalue weighted by Crippen LogP contribution is 2.41. The van der Waals surface area contributed by atoms with E-state index in [0.29, 0.717) is 43.4 Å². The predicted octanol–water partition coefficient (Wildman–Crippen LogP) is 2.91. The lowest BCUT2D eigenvalue weighted by Crippen LogP contribution is -2.48. The smallest absolute Gasteiger partial charge is 0.261 e. The van der Waals surface area contributed by atoms with Crippen molar-refractivity contribution < 1.29 is 28.5 Å². The molecule has 0 fully saturated rings. The van der Waals surface area contributed by atoms with Crippen LogP contribution in [-0.4, -0.2) is 80.3 Å². The number of H-pyrrole nitrogens is 1. The second-order valence-corrected chi connectivity index (χ2v) is 10.8. The molecule has 7 rings (SSSR count). The Morgan fingerprint density at radius 2 is 1.69 bits per heavy atom. The number of aromatic nitrogens is 1. The fraction of sp³-hybridized carbons (Fsp3) is 0.406. The number of ether oxygens (including phenoxy) is 4. The van der Waals surface area contributed by atoms with Crippen LogP contribution in [0.5, 0.6) is 17.2 Å². The Morgan fingerprint density at radius 3 is 2.48 bits per heavy atom. The lowest BCUT2D eigenvalue weighted by Gasteiger charge is -2.39. The Hall–Kier alpha value is -4.31. The summed E-state index contributed by atoms with van der Waals surface area (Å²) in [5.74, 6) is 1.21. The van der Waals surface area contributed by atoms with Gasteiger partial charge in [-0.1, -0.05) is 12.1 Å². The maximum absolute atomic E-state index is 14.1. The third kappa shape index (κ3) is 5.34. The molecule has 0 spiro atoms. The van der Waals surface area contributed by atoms with Gasteiger partial charge >= 0.3 is 0 Å². The van der Waals surface area contributed by atoms with Crippen molar-refractivity contribution in [2.24, 2.45) is 0 Å². The molecule has 10 heteroatoms. The summed E-state index contributed by atoms with van der Waals surface area (Å²) < 4.78 is 22.8. The number of hydrogen-bond donors (Lipinski definition) is 1. The molecule has 0 saturated carbocycles. The summed E-state index contributed by atoms with van der Waals surface area (Å²) in [6, 6.07) is 12.9. The Labute approximate surface area is 244 Å². The minimum atomic E-state index is -0.479. The first-order valence-electron chi connectivity index (χ1n) is 14.4. The van der Waals surface area contributed by atoms with Crippen LogP contribution in [0.25, 0.3) is 0 Å². The van der Waals surface area contributed by atoms with E-state index >= 15 is 0 Å². The van der Waals surface area contributed by atoms with Gasteiger partial charge in [0.2, 0.25) is 5.91 Å². The van der Waals surface area contributed by atoms with E-state index in [0.717, 1.165) is 47.2 Å². The molecular formula is C32H35N3O7. The van der Waals surface area contributed by atoms with Gasteiger partial charge in [0.25, 0.3) is 11.5 Å². The summed E-state index contributed by atoms with van der Waals surface area (Å²) in [7, 11) is 3.19. The number of methoxy groups -OCH3 is 2. The lowest BCUT2D eigenvalue weighted by atomic mass is 9.87. The van der Waals surface area contributed by atoms with E-state index in [2.05, 4.69) is 4.98 Å². The molecule has 2 aromatic carbocycles. The van der Waals surface area contributed by atoms with Gasteiger partial charge in [0.05, 0.1) is 33.5 Å². The number of aromatic amines is 1. The van der Waals surface area contributed by atoms with Crippen molar-refractivity contribution >= 4 is 11.8 Å². The zero-order valence-electron chi connectivity index (χ0n) is 23.9. The molecule has 220 valence electrons. The number of fused-ring (bicyclic) bond motifs is 12. The number of amides is 2. The molecule has 4 heterocycles. The molecule has 3 aliphatic heterocycles. The van der Waals surface area contributed by atoms with E-state index in [4.69, 9.17) is 18.9 Å². The van der Waals surface area contributed by atoms with Crippen LogP contribution < -0.4 is 19.8 Å². The second-order valence-electron chi connectivity index (χ2n) is 10.8. The lowest BCUT2D eigenvalue weighted by molar-refractivity contribution is -0.134. The number of carbonyl (C=O) groups excluding carboxylic acids is 2. The van der Waals surface area contributed by atoms with E-state index < -0.39 is 17.5 Å². The molecule has 1 N–H and O–H groups in total. The largest absolute Gasteiger partial charge is 0.493 e. The van der Waals surface area contributed by atoms with Crippen molar-refractivity contribution in [3.05, 3.63) is 86.3 Å². The second kappa shape index (κ2) is 11.9. The van der Waals surface area contributed by atoms with Crippen LogP contribution in [0.3, 0.4) is 0 Å². The van der Waals surface area contributed by atoms with Gasteiger partial charge in [0.1, 0.15) is 24.5 Å². The van der Waals surface area contributed by atoms with Crippen molar-refractivity contribution in [1.82, 2.24) is 14.8 Å². The zero-order chi connectivity index (χ0) is 29.2. The van der Waals surface area contributed by atoms with Crippen molar-refractivity contribution in [1.29, 1.82) is 0 Å². The van der Waals surface area contributed by atoms with Gasteiger partial charge in [-0.25, -0.2) is 0 Å². The molecule has 0 saturated heterocycles. The average molecular weight is 574 g/mol. The third-order valence-electron chi connectivity index (χ3n) is 8.32. The maximum atomic E-state index is 14.1. The van der Waals surface area contributed by atoms with Crippen LogP contribution in [0.1, 0.15) is 50.8 Å². The number of rotatable bonds is 3. The van der Waals surface area contributed by atoms with Gasteiger partial charge in [0.15, 0.2) is 11.5 Å². The Balaban J connectivity index is 1.38. The summed E-state index contributed by atoms with van der Waals surface area (Å²) >= 11 is 0. The molecule has 4 aliphatic rings. The monoisotopic (exact) mass is 573 g/mol.